The maximum Gasteiger partial charge on any atom is 0.381 e. The lowest BCUT2D eigenvalue weighted by Gasteiger charge is -2.11. The first-order chi connectivity index (χ1) is 7.66. The first kappa shape index (κ1) is 11.6. The smallest absolute Gasteiger partial charge is 0.326 e. The lowest BCUT2D eigenvalue weighted by Crippen LogP contribution is -2.44. The fraction of sp³-hybridized carbons (Fsp3) is 0.111. The molecule has 0 atom stereocenters. The summed E-state index contributed by atoms with van der Waals surface area (Å²) in [7, 11) is 0. The number of carbonyl (C=O) groups excluding carboxylic acids is 2. The zero-order valence-electron chi connectivity index (χ0n) is 8.12. The van der Waals surface area contributed by atoms with Crippen LogP contribution in [0.15, 0.2) is 30.3 Å². The molecule has 0 unspecified atom stereocenters. The monoisotopic (exact) mass is 222 g/mol. The molecule has 0 aliphatic heterocycles. The fourth-order valence-corrected chi connectivity index (χ4v) is 1.04. The molecule has 83 valence electrons. The van der Waals surface area contributed by atoms with Crippen molar-refractivity contribution < 1.29 is 14.6 Å². The zero-order chi connectivity index (χ0) is 12.0. The third kappa shape index (κ3) is 2.77. The number of rotatable bonds is 4. The molecule has 16 heavy (non-hydrogen) atoms. The molecule has 2 amide bonds. The van der Waals surface area contributed by atoms with Gasteiger partial charge in [-0.15, -0.1) is 0 Å². The second-order valence-electron chi connectivity index (χ2n) is 2.69. The van der Waals surface area contributed by atoms with Gasteiger partial charge in [0.15, 0.2) is 5.03 Å². The van der Waals surface area contributed by atoms with Gasteiger partial charge in [0.1, 0.15) is 5.69 Å². The maximum absolute atomic E-state index is 11.3. The number of carbonyl (C=O) groups is 1. The van der Waals surface area contributed by atoms with Crippen molar-refractivity contribution in [2.75, 3.05) is 11.6 Å². The summed E-state index contributed by atoms with van der Waals surface area (Å²) >= 11 is 0. The van der Waals surface area contributed by atoms with E-state index in [1.54, 1.807) is 18.2 Å². The number of hydrazine groups is 1. The molecule has 0 aliphatic rings. The van der Waals surface area contributed by atoms with Crippen LogP contribution in [0.3, 0.4) is 0 Å². The van der Waals surface area contributed by atoms with Crippen LogP contribution in [-0.4, -0.2) is 23.9 Å². The number of hydrogen-bond donors (Lipinski definition) is 1. The number of amides is 2. The van der Waals surface area contributed by atoms with Gasteiger partial charge in [-0.05, 0) is 17.1 Å². The number of benzene rings is 1. The topological polar surface area (TPSA) is 92.6 Å². The zero-order valence-corrected chi connectivity index (χ0v) is 8.12. The van der Waals surface area contributed by atoms with Crippen molar-refractivity contribution >= 4 is 18.0 Å². The highest BCUT2D eigenvalue weighted by molar-refractivity contribution is 5.90. The first-order valence-electron chi connectivity index (χ1n) is 4.29. The summed E-state index contributed by atoms with van der Waals surface area (Å²) < 4.78 is 0. The van der Waals surface area contributed by atoms with Crippen molar-refractivity contribution in [1.29, 1.82) is 0 Å². The Morgan fingerprint density at radius 1 is 1.44 bits per heavy atom. The molecule has 0 saturated carbocycles. The predicted octanol–water partition coefficient (Wildman–Crippen LogP) is 0.504. The normalized spacial score (nSPS) is 9.25. The molecule has 1 rings (SSSR count). The fourth-order valence-electron chi connectivity index (χ4n) is 1.04. The summed E-state index contributed by atoms with van der Waals surface area (Å²) in [6, 6.07) is 6.62. The first-order valence-corrected chi connectivity index (χ1v) is 4.29. The quantitative estimate of drug-likeness (QED) is 0.593. The van der Waals surface area contributed by atoms with Crippen molar-refractivity contribution in [2.24, 2.45) is 0 Å². The molecule has 0 bridgehead atoms. The Hall–Kier alpha value is -2.44. The second kappa shape index (κ2) is 5.44. The Labute approximate surface area is 90.8 Å². The molecule has 1 aromatic carbocycles. The molecule has 0 heterocycles. The third-order valence-corrected chi connectivity index (χ3v) is 1.67. The number of nitro groups is 1. The predicted molar refractivity (Wildman–Crippen MR) is 55.0 cm³/mol. The molecule has 7 nitrogen and oxygen atoms in total. The Bertz CT molecular complexity index is 393. The lowest BCUT2D eigenvalue weighted by molar-refractivity contribution is -0.481. The molecule has 0 aliphatic carbocycles. The van der Waals surface area contributed by atoms with E-state index in [4.69, 9.17) is 0 Å². The van der Waals surface area contributed by atoms with E-state index in [-0.39, 0.29) is 5.69 Å². The van der Waals surface area contributed by atoms with E-state index in [2.05, 4.69) is 0 Å². The van der Waals surface area contributed by atoms with Crippen LogP contribution in [-0.2, 0) is 4.79 Å². The molecule has 0 aromatic heterocycles. The maximum atomic E-state index is 11.3. The van der Waals surface area contributed by atoms with Crippen molar-refractivity contribution in [3.05, 3.63) is 40.4 Å². The molecule has 0 saturated heterocycles. The van der Waals surface area contributed by atoms with Crippen LogP contribution in [0.4, 0.5) is 10.5 Å². The summed E-state index contributed by atoms with van der Waals surface area (Å²) in [5.74, 6) is 0. The van der Waals surface area contributed by atoms with E-state index in [1.165, 1.54) is 18.4 Å². The standard InChI is InChI=1S/C9H8N3O4/c13-7-6-10-9(14)11(12(15)16)8-4-2-1-3-5-8/h1-5H,6H2,(H,10,14). The third-order valence-electron chi connectivity index (χ3n) is 1.67. The van der Waals surface area contributed by atoms with Gasteiger partial charge in [0.2, 0.25) is 6.29 Å². The van der Waals surface area contributed by atoms with Crippen molar-refractivity contribution in [3.8, 4) is 0 Å². The largest absolute Gasteiger partial charge is 0.381 e. The Morgan fingerprint density at radius 2 is 2.06 bits per heavy atom. The molecular formula is C9H8N3O4. The number of nitrogens with zero attached hydrogens (tertiary/aromatic N) is 2. The number of nitrogens with one attached hydrogen (secondary N) is 1. The van der Waals surface area contributed by atoms with Crippen LogP contribution in [0.2, 0.25) is 0 Å². The van der Waals surface area contributed by atoms with Crippen LogP contribution in [0, 0.1) is 10.1 Å². The number of hydrogen-bond acceptors (Lipinski definition) is 4. The van der Waals surface area contributed by atoms with Gasteiger partial charge < -0.3 is 5.32 Å². The molecule has 1 radical (unpaired) electrons. The Morgan fingerprint density at radius 3 is 2.56 bits per heavy atom. The number of para-hydroxylation sites is 1. The summed E-state index contributed by atoms with van der Waals surface area (Å²) in [6.45, 7) is -0.393. The van der Waals surface area contributed by atoms with Gasteiger partial charge in [-0.1, -0.05) is 18.2 Å². The van der Waals surface area contributed by atoms with Crippen molar-refractivity contribution in [3.63, 3.8) is 0 Å². The van der Waals surface area contributed by atoms with Crippen molar-refractivity contribution in [1.82, 2.24) is 5.32 Å². The molecule has 0 fully saturated rings. The van der Waals surface area contributed by atoms with Gasteiger partial charge in [-0.2, -0.15) is 0 Å². The summed E-state index contributed by atoms with van der Waals surface area (Å²) in [6.07, 6.45) is 1.41. The summed E-state index contributed by atoms with van der Waals surface area (Å²) in [4.78, 5) is 31.9. The van der Waals surface area contributed by atoms with E-state index < -0.39 is 17.6 Å². The second-order valence-corrected chi connectivity index (χ2v) is 2.69. The SMILES string of the molecule is O=[C]CNC(=O)N(c1ccccc1)[N+](=O)[O-]. The summed E-state index contributed by atoms with van der Waals surface area (Å²) in [5.41, 5.74) is 0.107. The van der Waals surface area contributed by atoms with E-state index in [0.717, 1.165) is 0 Å². The van der Waals surface area contributed by atoms with Crippen LogP contribution in [0.1, 0.15) is 0 Å². The van der Waals surface area contributed by atoms with Gasteiger partial charge in [-0.25, -0.2) is 14.9 Å². The highest BCUT2D eigenvalue weighted by Gasteiger charge is 2.25. The van der Waals surface area contributed by atoms with Gasteiger partial charge in [0, 0.05) is 0 Å². The van der Waals surface area contributed by atoms with Crippen LogP contribution in [0.5, 0.6) is 0 Å². The van der Waals surface area contributed by atoms with Crippen molar-refractivity contribution in [2.45, 2.75) is 0 Å². The average Bonchev–Trinajstić information content (AvgIpc) is 2.27. The van der Waals surface area contributed by atoms with Crippen LogP contribution < -0.4 is 10.3 Å². The van der Waals surface area contributed by atoms with E-state index in [1.807, 2.05) is 5.32 Å². The van der Waals surface area contributed by atoms with E-state index in [0.29, 0.717) is 5.01 Å². The Kier molecular flexibility index (Phi) is 3.96. The highest BCUT2D eigenvalue weighted by Crippen LogP contribution is 2.12. The highest BCUT2D eigenvalue weighted by atomic mass is 16.7. The van der Waals surface area contributed by atoms with Gasteiger partial charge in [0.25, 0.3) is 0 Å². The minimum absolute atomic E-state index is 0.107. The minimum Gasteiger partial charge on any atom is -0.326 e. The van der Waals surface area contributed by atoms with Gasteiger partial charge >= 0.3 is 6.03 Å². The van der Waals surface area contributed by atoms with E-state index in [9.17, 15) is 19.7 Å². The minimum atomic E-state index is -0.987. The number of urea groups is 1. The lowest BCUT2D eigenvalue weighted by atomic mass is 10.3. The van der Waals surface area contributed by atoms with Gasteiger partial charge in [0.05, 0.1) is 6.54 Å². The molecular weight excluding hydrogens is 214 g/mol. The van der Waals surface area contributed by atoms with Crippen LogP contribution in [0.25, 0.3) is 0 Å². The molecule has 1 N–H and O–H groups in total. The number of anilines is 1. The molecule has 0 spiro atoms. The molecule has 7 heteroatoms. The summed E-state index contributed by atoms with van der Waals surface area (Å²) in [5, 5.41) is 12.2. The average molecular weight is 222 g/mol. The van der Waals surface area contributed by atoms with Crippen LogP contribution >= 0.6 is 0 Å². The van der Waals surface area contributed by atoms with E-state index >= 15 is 0 Å². The molecule has 1 aromatic rings. The van der Waals surface area contributed by atoms with Gasteiger partial charge in [-0.3, -0.25) is 4.79 Å². The Balaban J connectivity index is 2.88.